The molecule has 0 aromatic heterocycles. The molecule has 8 N–H and O–H groups in total. The van der Waals surface area contributed by atoms with Crippen LogP contribution in [0.4, 0.5) is 0 Å². The number of ketones is 2. The van der Waals surface area contributed by atoms with Crippen LogP contribution in [0.5, 0.6) is 23.0 Å². The average Bonchev–Trinajstić information content (AvgIpc) is 3.29. The lowest BCUT2D eigenvalue weighted by molar-refractivity contribution is -0.372. The summed E-state index contributed by atoms with van der Waals surface area (Å²) in [4.78, 5) is 39.2. The molecule has 3 aromatic carbocycles. The summed E-state index contributed by atoms with van der Waals surface area (Å²) in [6.45, 7) is 10.2. The number of aliphatic hydroxyl groups is 5. The minimum Gasteiger partial charge on any atom is -0.507 e. The van der Waals surface area contributed by atoms with E-state index >= 15 is 0 Å². The van der Waals surface area contributed by atoms with Crippen LogP contribution in [0.25, 0.3) is 10.8 Å². The van der Waals surface area contributed by atoms with E-state index in [0.717, 1.165) is 6.07 Å². The van der Waals surface area contributed by atoms with Crippen molar-refractivity contribution < 1.29 is 103 Å². The van der Waals surface area contributed by atoms with Crippen molar-refractivity contribution in [3.8, 4) is 23.0 Å². The molecule has 21 nitrogen and oxygen atoms in total. The molecule has 0 saturated carbocycles. The van der Waals surface area contributed by atoms with Gasteiger partial charge in [0, 0.05) is 43.1 Å². The molecule has 21 heteroatoms. The molecule has 5 aliphatic heterocycles. The summed E-state index contributed by atoms with van der Waals surface area (Å²) in [7, 11) is 0. The van der Waals surface area contributed by atoms with Crippen molar-refractivity contribution in [2.24, 2.45) is 0 Å². The molecule has 6 aliphatic rings. The van der Waals surface area contributed by atoms with E-state index in [-0.39, 0.29) is 65.4 Å². The van der Waals surface area contributed by atoms with Gasteiger partial charge in [-0.2, -0.15) is 4.89 Å². The van der Waals surface area contributed by atoms with Gasteiger partial charge in [-0.25, -0.2) is 0 Å². The van der Waals surface area contributed by atoms with Crippen molar-refractivity contribution in [2.45, 2.75) is 197 Å². The standard InChI is InChI=1S/C49H62O21/c1-18-11-24-13-27(52)41-43(39(24)26(51)12-18)48(59)42-31(8-7-25(50)40(42)47(41)58)69-70-38-15-29(54)49(23(6)64-38)68-37-17-33(46(57)22(5)63-37)67-36-16-32(45(56)21(4)62-36)66-34-10-9-30(19(2)60-34)65-35-14-28(53)44(55)20(3)61-35/h7-8,11-13,19-23,28-30,32-38,44-46,49-57H,9-10,14-17H2,1-6H3/t19-,20+,21+,22+,23+,28+,29+,30-,32-,33+,34-,35-,36-,37-,38-,44+,45+,46+,49+/m0/s1. The van der Waals surface area contributed by atoms with Crippen LogP contribution in [0, 0.1) is 6.92 Å². The van der Waals surface area contributed by atoms with Crippen LogP contribution >= 0.6 is 0 Å². The number of carbonyl (C=O) groups is 2. The highest BCUT2D eigenvalue weighted by atomic mass is 17.2. The molecule has 0 amide bonds. The number of carbonyl (C=O) groups excluding carboxylic acids is 2. The van der Waals surface area contributed by atoms with Gasteiger partial charge in [-0.3, -0.25) is 9.59 Å². The van der Waals surface area contributed by atoms with Crippen molar-refractivity contribution >= 4 is 22.3 Å². The summed E-state index contributed by atoms with van der Waals surface area (Å²) in [6.07, 6.45) is -15.1. The smallest absolute Gasteiger partial charge is 0.205 e. The number of rotatable bonds is 11. The van der Waals surface area contributed by atoms with Gasteiger partial charge in [-0.1, -0.05) is 6.07 Å². The fourth-order valence-electron chi connectivity index (χ4n) is 10.4. The second kappa shape index (κ2) is 20.4. The fraction of sp³-hybridized carbons (Fsp3) is 0.633. The van der Waals surface area contributed by atoms with Crippen molar-refractivity contribution in [1.29, 1.82) is 0 Å². The highest BCUT2D eigenvalue weighted by Gasteiger charge is 2.47. The fourth-order valence-corrected chi connectivity index (χ4v) is 10.4. The Labute approximate surface area is 402 Å². The Hall–Kier alpha value is -4.14. The third-order valence-corrected chi connectivity index (χ3v) is 14.1. The lowest BCUT2D eigenvalue weighted by Crippen LogP contribution is -2.56. The third kappa shape index (κ3) is 10.00. The lowest BCUT2D eigenvalue weighted by Gasteiger charge is -2.45. The van der Waals surface area contributed by atoms with Crippen LogP contribution in [0.15, 0.2) is 30.3 Å². The number of hydrogen-bond acceptors (Lipinski definition) is 21. The van der Waals surface area contributed by atoms with Crippen molar-refractivity contribution in [3.05, 3.63) is 58.1 Å². The quantitative estimate of drug-likeness (QED) is 0.0792. The van der Waals surface area contributed by atoms with E-state index in [1.54, 1.807) is 40.7 Å². The van der Waals surface area contributed by atoms with Gasteiger partial charge in [0.2, 0.25) is 12.1 Å². The van der Waals surface area contributed by atoms with E-state index in [2.05, 4.69) is 0 Å². The first kappa shape index (κ1) is 50.8. The van der Waals surface area contributed by atoms with Crippen LogP contribution in [0.1, 0.15) is 111 Å². The minimum absolute atomic E-state index is 0.0171. The van der Waals surface area contributed by atoms with E-state index in [4.69, 9.17) is 52.4 Å². The molecule has 5 heterocycles. The lowest BCUT2D eigenvalue weighted by atomic mass is 9.80. The Morgan fingerprint density at radius 1 is 0.500 bits per heavy atom. The number of fused-ring (bicyclic) bond motifs is 4. The number of aliphatic hydroxyl groups excluding tert-OH is 5. The second-order valence-corrected chi connectivity index (χ2v) is 19.3. The highest BCUT2D eigenvalue weighted by molar-refractivity contribution is 6.35. The SMILES string of the molecule is Cc1cc(O)c2c3c(c(O)cc2c1)C(=O)c1c(O)ccc(OO[C@H]2C[C@@H](O)[C@H](O[C@H]4C[C@@H](O[C@H]5C[C@H](O[C@H]6CC[C@H](O[C@H]7C[C@@H](O)[C@H](O)[C@@H](C)O7)[C@H](C)O6)[C@H](O)[C@@H](C)O5)[C@H](O)[C@@H](C)O4)[C@@H](C)O2)c1C3=O. The highest BCUT2D eigenvalue weighted by Crippen LogP contribution is 2.46. The van der Waals surface area contributed by atoms with Crippen LogP contribution < -0.4 is 4.89 Å². The zero-order valence-electron chi connectivity index (χ0n) is 39.5. The van der Waals surface area contributed by atoms with E-state index in [9.17, 15) is 50.4 Å². The van der Waals surface area contributed by atoms with Gasteiger partial charge in [0.15, 0.2) is 36.7 Å². The van der Waals surface area contributed by atoms with Gasteiger partial charge in [-0.05, 0) is 83.2 Å². The summed E-state index contributed by atoms with van der Waals surface area (Å²) >= 11 is 0. The van der Waals surface area contributed by atoms with Crippen LogP contribution in [0.3, 0.4) is 0 Å². The number of aromatic hydroxyl groups is 3. The first-order chi connectivity index (χ1) is 33.3. The molecule has 1 aliphatic carbocycles. The van der Waals surface area contributed by atoms with Crippen LogP contribution in [0.2, 0.25) is 0 Å². The van der Waals surface area contributed by atoms with Crippen molar-refractivity contribution in [1.82, 2.24) is 0 Å². The van der Waals surface area contributed by atoms with Crippen molar-refractivity contribution in [3.63, 3.8) is 0 Å². The Bertz CT molecular complexity index is 2390. The Balaban J connectivity index is 0.792. The van der Waals surface area contributed by atoms with Gasteiger partial charge in [0.25, 0.3) is 0 Å². The summed E-state index contributed by atoms with van der Waals surface area (Å²) in [5.74, 6) is -3.33. The molecule has 3 aromatic rings. The summed E-state index contributed by atoms with van der Waals surface area (Å²) in [6, 6.07) is 6.66. The number of phenols is 3. The Morgan fingerprint density at radius 3 is 1.69 bits per heavy atom. The molecule has 5 fully saturated rings. The Morgan fingerprint density at radius 2 is 1.04 bits per heavy atom. The molecular weight excluding hydrogens is 925 g/mol. The maximum atomic E-state index is 14.2. The maximum Gasteiger partial charge on any atom is 0.205 e. The van der Waals surface area contributed by atoms with E-state index in [1.165, 1.54) is 18.2 Å². The summed E-state index contributed by atoms with van der Waals surface area (Å²) < 4.78 is 54.9. The predicted molar refractivity (Wildman–Crippen MR) is 238 cm³/mol. The molecule has 9 rings (SSSR count). The summed E-state index contributed by atoms with van der Waals surface area (Å²) in [5, 5.41) is 86.8. The first-order valence-corrected chi connectivity index (χ1v) is 23.8. The second-order valence-electron chi connectivity index (χ2n) is 19.3. The van der Waals surface area contributed by atoms with E-state index in [0.29, 0.717) is 23.8 Å². The monoisotopic (exact) mass is 986 g/mol. The molecule has 5 saturated heterocycles. The molecular formula is C49H62O21. The normalized spacial score (nSPS) is 39.1. The number of aryl methyl sites for hydroxylation is 1. The molecule has 0 spiro atoms. The average molecular weight is 987 g/mol. The van der Waals surface area contributed by atoms with Crippen LogP contribution in [-0.4, -0.2) is 169 Å². The van der Waals surface area contributed by atoms with Gasteiger partial charge >= 0.3 is 0 Å². The number of ether oxygens (including phenoxy) is 9. The predicted octanol–water partition coefficient (Wildman–Crippen LogP) is 2.76. The van der Waals surface area contributed by atoms with E-state index in [1.807, 2.05) is 6.92 Å². The number of benzene rings is 3. The maximum absolute atomic E-state index is 14.2. The largest absolute Gasteiger partial charge is 0.507 e. The zero-order valence-corrected chi connectivity index (χ0v) is 39.5. The third-order valence-electron chi connectivity index (χ3n) is 14.1. The Kier molecular flexibility index (Phi) is 14.8. The van der Waals surface area contributed by atoms with Crippen molar-refractivity contribution in [2.75, 3.05) is 0 Å². The van der Waals surface area contributed by atoms with Crippen LogP contribution in [-0.2, 0) is 47.5 Å². The van der Waals surface area contributed by atoms with Gasteiger partial charge in [-0.15, -0.1) is 0 Å². The molecule has 0 bridgehead atoms. The van der Waals surface area contributed by atoms with Gasteiger partial charge in [0.05, 0.1) is 77.7 Å². The first-order valence-electron chi connectivity index (χ1n) is 23.8. The van der Waals surface area contributed by atoms with E-state index < -0.39 is 139 Å². The van der Waals surface area contributed by atoms with Gasteiger partial charge < -0.3 is 88.4 Å². The van der Waals surface area contributed by atoms with Gasteiger partial charge in [0.1, 0.15) is 41.7 Å². The zero-order chi connectivity index (χ0) is 50.0. The number of hydrogen-bond donors (Lipinski definition) is 8. The molecule has 384 valence electrons. The molecule has 0 radical (unpaired) electrons. The molecule has 70 heavy (non-hydrogen) atoms. The summed E-state index contributed by atoms with van der Waals surface area (Å²) in [5.41, 5.74) is -0.824. The minimum atomic E-state index is -1.23. The molecule has 19 atom stereocenters. The topological polar surface area (TPSA) is 298 Å². The number of phenolic OH excluding ortho intramolecular Hbond substituents is 3. The molecule has 0 unspecified atom stereocenters.